The molecule has 0 saturated heterocycles. The summed E-state index contributed by atoms with van der Waals surface area (Å²) >= 11 is 1.34. The first-order valence-electron chi connectivity index (χ1n) is 8.23. The van der Waals surface area contributed by atoms with Gasteiger partial charge in [-0.05, 0) is 31.5 Å². The van der Waals surface area contributed by atoms with E-state index in [4.69, 9.17) is 9.47 Å². The standard InChI is InChI=1S/C19H17N3O3S/c1-11-6-7-13(12(2)10-11)18-21-22-19(26-18)20-17(23)14-4-3-5-15-16(14)25-9-8-24-15/h3-7,10H,8-9H2,1-2H3,(H,20,22,23). The molecule has 1 aliphatic heterocycles. The van der Waals surface area contributed by atoms with Crippen molar-refractivity contribution in [3.63, 3.8) is 0 Å². The minimum Gasteiger partial charge on any atom is -0.486 e. The zero-order valence-corrected chi connectivity index (χ0v) is 15.2. The summed E-state index contributed by atoms with van der Waals surface area (Å²) in [5.41, 5.74) is 3.76. The number of aromatic nitrogens is 2. The van der Waals surface area contributed by atoms with Crippen molar-refractivity contribution in [3.8, 4) is 22.1 Å². The molecule has 0 fully saturated rings. The monoisotopic (exact) mass is 367 g/mol. The highest BCUT2D eigenvalue weighted by Gasteiger charge is 2.21. The molecule has 1 amide bonds. The molecule has 4 rings (SSSR count). The molecule has 0 radical (unpaired) electrons. The second-order valence-electron chi connectivity index (χ2n) is 6.01. The Morgan fingerprint density at radius 2 is 1.96 bits per heavy atom. The molecule has 3 aromatic rings. The number of hydrogen-bond acceptors (Lipinski definition) is 6. The lowest BCUT2D eigenvalue weighted by Gasteiger charge is -2.20. The zero-order chi connectivity index (χ0) is 18.1. The van der Waals surface area contributed by atoms with E-state index >= 15 is 0 Å². The largest absolute Gasteiger partial charge is 0.486 e. The van der Waals surface area contributed by atoms with Gasteiger partial charge in [-0.1, -0.05) is 41.2 Å². The van der Waals surface area contributed by atoms with Crippen molar-refractivity contribution in [2.24, 2.45) is 0 Å². The summed E-state index contributed by atoms with van der Waals surface area (Å²) < 4.78 is 11.1. The van der Waals surface area contributed by atoms with E-state index in [-0.39, 0.29) is 5.91 Å². The number of carbonyl (C=O) groups excluding carboxylic acids is 1. The summed E-state index contributed by atoms with van der Waals surface area (Å²) in [6.07, 6.45) is 0. The Bertz CT molecular complexity index is 984. The van der Waals surface area contributed by atoms with Crippen molar-refractivity contribution in [2.45, 2.75) is 13.8 Å². The fourth-order valence-corrected chi connectivity index (χ4v) is 3.68. The first-order chi connectivity index (χ1) is 12.6. The van der Waals surface area contributed by atoms with E-state index < -0.39 is 0 Å². The van der Waals surface area contributed by atoms with Crippen LogP contribution in [0.2, 0.25) is 0 Å². The van der Waals surface area contributed by atoms with Crippen molar-refractivity contribution in [1.29, 1.82) is 0 Å². The number of benzene rings is 2. The summed E-state index contributed by atoms with van der Waals surface area (Å²) in [4.78, 5) is 12.6. The van der Waals surface area contributed by atoms with Gasteiger partial charge in [-0.2, -0.15) is 0 Å². The number of nitrogens with one attached hydrogen (secondary N) is 1. The Morgan fingerprint density at radius 1 is 1.12 bits per heavy atom. The van der Waals surface area contributed by atoms with Crippen molar-refractivity contribution in [2.75, 3.05) is 18.5 Å². The summed E-state index contributed by atoms with van der Waals surface area (Å²) in [6.45, 7) is 4.99. The predicted molar refractivity (Wildman–Crippen MR) is 100 cm³/mol. The van der Waals surface area contributed by atoms with Crippen LogP contribution in [0.3, 0.4) is 0 Å². The van der Waals surface area contributed by atoms with E-state index in [2.05, 4.69) is 28.5 Å². The van der Waals surface area contributed by atoms with E-state index in [1.807, 2.05) is 19.1 Å². The third-order valence-electron chi connectivity index (χ3n) is 4.07. The molecule has 0 saturated carbocycles. The minimum atomic E-state index is -0.296. The molecule has 0 aliphatic carbocycles. The predicted octanol–water partition coefficient (Wildman–Crippen LogP) is 3.85. The van der Waals surface area contributed by atoms with Gasteiger partial charge >= 0.3 is 0 Å². The molecule has 2 heterocycles. The normalized spacial score (nSPS) is 12.7. The maximum atomic E-state index is 12.6. The lowest BCUT2D eigenvalue weighted by Crippen LogP contribution is -2.20. The van der Waals surface area contributed by atoms with Crippen molar-refractivity contribution >= 4 is 22.4 Å². The highest BCUT2D eigenvalue weighted by atomic mass is 32.1. The first-order valence-corrected chi connectivity index (χ1v) is 9.04. The van der Waals surface area contributed by atoms with Gasteiger partial charge in [-0.15, -0.1) is 10.2 Å². The molecule has 2 aromatic carbocycles. The molecule has 1 aliphatic rings. The lowest BCUT2D eigenvalue weighted by atomic mass is 10.1. The first kappa shape index (κ1) is 16.5. The third kappa shape index (κ3) is 3.13. The molecular weight excluding hydrogens is 350 g/mol. The Labute approximate surface area is 154 Å². The summed E-state index contributed by atoms with van der Waals surface area (Å²) in [5, 5.41) is 12.3. The topological polar surface area (TPSA) is 73.3 Å². The van der Waals surface area contributed by atoms with Crippen LogP contribution in [-0.4, -0.2) is 29.3 Å². The Morgan fingerprint density at radius 3 is 2.81 bits per heavy atom. The maximum Gasteiger partial charge on any atom is 0.261 e. The number of aryl methyl sites for hydroxylation is 2. The lowest BCUT2D eigenvalue weighted by molar-refractivity contribution is 0.101. The van der Waals surface area contributed by atoms with Crippen LogP contribution in [0.15, 0.2) is 36.4 Å². The van der Waals surface area contributed by atoms with Gasteiger partial charge in [-0.3, -0.25) is 10.1 Å². The average Bonchev–Trinajstić information content (AvgIpc) is 3.09. The van der Waals surface area contributed by atoms with E-state index in [0.717, 1.165) is 16.1 Å². The Hall–Kier alpha value is -2.93. The highest BCUT2D eigenvalue weighted by Crippen LogP contribution is 2.35. The summed E-state index contributed by atoms with van der Waals surface area (Å²) in [7, 11) is 0. The second kappa shape index (κ2) is 6.76. The number of carbonyl (C=O) groups is 1. The quantitative estimate of drug-likeness (QED) is 0.761. The van der Waals surface area contributed by atoms with Gasteiger partial charge in [0.15, 0.2) is 11.5 Å². The van der Waals surface area contributed by atoms with Crippen LogP contribution in [0.5, 0.6) is 11.5 Å². The van der Waals surface area contributed by atoms with E-state index in [1.54, 1.807) is 18.2 Å². The van der Waals surface area contributed by atoms with Gasteiger partial charge < -0.3 is 9.47 Å². The SMILES string of the molecule is Cc1ccc(-c2nnc(NC(=O)c3cccc4c3OCCO4)s2)c(C)c1. The van der Waals surface area contributed by atoms with E-state index in [0.29, 0.717) is 35.4 Å². The van der Waals surface area contributed by atoms with Crippen molar-refractivity contribution in [3.05, 3.63) is 53.1 Å². The number of nitrogens with zero attached hydrogens (tertiary/aromatic N) is 2. The number of para-hydroxylation sites is 1. The van der Waals surface area contributed by atoms with Crippen LogP contribution in [-0.2, 0) is 0 Å². The molecule has 0 spiro atoms. The van der Waals surface area contributed by atoms with Gasteiger partial charge in [0.05, 0.1) is 5.56 Å². The second-order valence-corrected chi connectivity index (χ2v) is 6.99. The van der Waals surface area contributed by atoms with Gasteiger partial charge in [-0.25, -0.2) is 0 Å². The maximum absolute atomic E-state index is 12.6. The van der Waals surface area contributed by atoms with Crippen LogP contribution in [0.1, 0.15) is 21.5 Å². The van der Waals surface area contributed by atoms with Gasteiger partial charge in [0.25, 0.3) is 5.91 Å². The Kier molecular flexibility index (Phi) is 4.30. The fourth-order valence-electron chi connectivity index (χ4n) is 2.85. The smallest absolute Gasteiger partial charge is 0.261 e. The highest BCUT2D eigenvalue weighted by molar-refractivity contribution is 7.18. The summed E-state index contributed by atoms with van der Waals surface area (Å²) in [5.74, 6) is 0.753. The van der Waals surface area contributed by atoms with E-state index in [1.165, 1.54) is 16.9 Å². The molecule has 0 bridgehead atoms. The van der Waals surface area contributed by atoms with E-state index in [9.17, 15) is 4.79 Å². The average molecular weight is 367 g/mol. The van der Waals surface area contributed by atoms with Crippen LogP contribution in [0, 0.1) is 13.8 Å². The number of ether oxygens (including phenoxy) is 2. The molecule has 132 valence electrons. The number of anilines is 1. The van der Waals surface area contributed by atoms with Gasteiger partial charge in [0, 0.05) is 5.56 Å². The molecule has 6 nitrogen and oxygen atoms in total. The van der Waals surface area contributed by atoms with Crippen molar-refractivity contribution < 1.29 is 14.3 Å². The van der Waals surface area contributed by atoms with Gasteiger partial charge in [0.2, 0.25) is 5.13 Å². The zero-order valence-electron chi connectivity index (χ0n) is 14.4. The fraction of sp³-hybridized carbons (Fsp3) is 0.211. The van der Waals surface area contributed by atoms with Crippen LogP contribution in [0.4, 0.5) is 5.13 Å². The molecule has 26 heavy (non-hydrogen) atoms. The number of hydrogen-bond donors (Lipinski definition) is 1. The molecule has 0 atom stereocenters. The Balaban J connectivity index is 1.57. The molecule has 7 heteroatoms. The minimum absolute atomic E-state index is 0.296. The molecular formula is C19H17N3O3S. The number of amides is 1. The van der Waals surface area contributed by atoms with Crippen LogP contribution < -0.4 is 14.8 Å². The van der Waals surface area contributed by atoms with Crippen molar-refractivity contribution in [1.82, 2.24) is 10.2 Å². The molecule has 0 unspecified atom stereocenters. The molecule has 1 N–H and O–H groups in total. The third-order valence-corrected chi connectivity index (χ3v) is 4.94. The number of rotatable bonds is 3. The van der Waals surface area contributed by atoms with Gasteiger partial charge in [0.1, 0.15) is 18.2 Å². The number of fused-ring (bicyclic) bond motifs is 1. The van der Waals surface area contributed by atoms with Crippen LogP contribution >= 0.6 is 11.3 Å². The van der Waals surface area contributed by atoms with Crippen LogP contribution in [0.25, 0.3) is 10.6 Å². The summed E-state index contributed by atoms with van der Waals surface area (Å²) in [6, 6.07) is 11.4. The molecule has 1 aromatic heterocycles.